The van der Waals surface area contributed by atoms with E-state index in [9.17, 15) is 13.2 Å². The molecule has 2 aromatic carbocycles. The number of sulfonamides is 1. The van der Waals surface area contributed by atoms with E-state index in [0.29, 0.717) is 30.2 Å². The van der Waals surface area contributed by atoms with Crippen molar-refractivity contribution in [2.45, 2.75) is 38.2 Å². The maximum absolute atomic E-state index is 13.1. The van der Waals surface area contributed by atoms with E-state index in [1.54, 1.807) is 32.0 Å². The predicted molar refractivity (Wildman–Crippen MR) is 129 cm³/mol. The van der Waals surface area contributed by atoms with Crippen LogP contribution in [0.25, 0.3) is 11.3 Å². The van der Waals surface area contributed by atoms with Crippen LogP contribution in [0.2, 0.25) is 0 Å². The summed E-state index contributed by atoms with van der Waals surface area (Å²) in [6, 6.07) is 16.0. The maximum atomic E-state index is 13.1. The van der Waals surface area contributed by atoms with E-state index in [1.807, 2.05) is 30.3 Å². The van der Waals surface area contributed by atoms with Gasteiger partial charge in [0.1, 0.15) is 12.3 Å². The van der Waals surface area contributed by atoms with Gasteiger partial charge in [-0.2, -0.15) is 4.31 Å². The second kappa shape index (κ2) is 10.4. The number of carbonyl (C=O) groups is 1. The smallest absolute Gasteiger partial charge is 0.340 e. The molecule has 0 amide bonds. The molecular formula is C25H29N3O5S. The van der Waals surface area contributed by atoms with Gasteiger partial charge in [-0.15, -0.1) is 0 Å². The lowest BCUT2D eigenvalue weighted by Crippen LogP contribution is -2.31. The molecule has 9 heteroatoms. The molecule has 180 valence electrons. The van der Waals surface area contributed by atoms with Gasteiger partial charge in [-0.3, -0.25) is 0 Å². The predicted octanol–water partition coefficient (Wildman–Crippen LogP) is 4.33. The van der Waals surface area contributed by atoms with Gasteiger partial charge in [0.25, 0.3) is 0 Å². The van der Waals surface area contributed by atoms with E-state index >= 15 is 0 Å². The Bertz CT molecular complexity index is 1230. The fourth-order valence-electron chi connectivity index (χ4n) is 4.12. The summed E-state index contributed by atoms with van der Waals surface area (Å²) in [5, 5.41) is 4.00. The molecule has 2 heterocycles. The van der Waals surface area contributed by atoms with Crippen LogP contribution in [-0.4, -0.2) is 50.0 Å². The van der Waals surface area contributed by atoms with E-state index < -0.39 is 16.0 Å². The highest BCUT2D eigenvalue weighted by Gasteiger charge is 2.27. The van der Waals surface area contributed by atoms with Gasteiger partial charge in [0.2, 0.25) is 10.0 Å². The minimum absolute atomic E-state index is 0.0817. The van der Waals surface area contributed by atoms with Crippen LogP contribution in [0, 0.1) is 0 Å². The molecule has 0 radical (unpaired) electrons. The zero-order chi connectivity index (χ0) is 24.1. The zero-order valence-electron chi connectivity index (χ0n) is 19.4. The van der Waals surface area contributed by atoms with Gasteiger partial charge in [0.15, 0.2) is 5.76 Å². The molecule has 0 unspecified atom stereocenters. The summed E-state index contributed by atoms with van der Waals surface area (Å²) in [5.74, 6) is -0.0144. The Morgan fingerprint density at radius 2 is 1.76 bits per heavy atom. The number of hydrogen-bond acceptors (Lipinski definition) is 7. The molecule has 0 aliphatic carbocycles. The topological polar surface area (TPSA) is 93.0 Å². The number of anilines is 1. The molecule has 1 aliphatic heterocycles. The van der Waals surface area contributed by atoms with Crippen molar-refractivity contribution in [3.63, 3.8) is 0 Å². The highest BCUT2D eigenvalue weighted by Crippen LogP contribution is 2.29. The number of aromatic nitrogens is 1. The van der Waals surface area contributed by atoms with Crippen LogP contribution in [-0.2, 0) is 21.4 Å². The van der Waals surface area contributed by atoms with Crippen molar-refractivity contribution in [3.05, 3.63) is 65.9 Å². The van der Waals surface area contributed by atoms with Crippen LogP contribution in [0.15, 0.2) is 64.0 Å². The summed E-state index contributed by atoms with van der Waals surface area (Å²) < 4.78 is 38.4. The summed E-state index contributed by atoms with van der Waals surface area (Å²) >= 11 is 0. The summed E-state index contributed by atoms with van der Waals surface area (Å²) in [4.78, 5) is 15.3. The van der Waals surface area contributed by atoms with Gasteiger partial charge in [0.05, 0.1) is 16.1 Å². The maximum Gasteiger partial charge on any atom is 0.340 e. The van der Waals surface area contributed by atoms with Gasteiger partial charge in [0, 0.05) is 37.8 Å². The zero-order valence-corrected chi connectivity index (χ0v) is 20.3. The number of ether oxygens (including phenoxy) is 1. The fraction of sp³-hybridized carbons (Fsp3) is 0.360. The second-order valence-electron chi connectivity index (χ2n) is 8.09. The first-order valence-corrected chi connectivity index (χ1v) is 12.9. The Kier molecular flexibility index (Phi) is 7.33. The molecule has 0 saturated carbocycles. The molecule has 34 heavy (non-hydrogen) atoms. The van der Waals surface area contributed by atoms with E-state index in [-0.39, 0.29) is 17.1 Å². The Balaban J connectivity index is 1.58. The van der Waals surface area contributed by atoms with Crippen molar-refractivity contribution < 1.29 is 22.5 Å². The normalized spacial score (nSPS) is 14.0. The summed E-state index contributed by atoms with van der Waals surface area (Å²) in [6.07, 6.45) is 2.05. The molecule has 0 bridgehead atoms. The van der Waals surface area contributed by atoms with Crippen molar-refractivity contribution in [1.82, 2.24) is 9.46 Å². The van der Waals surface area contributed by atoms with Gasteiger partial charge in [-0.25, -0.2) is 13.2 Å². The molecule has 0 atom stereocenters. The van der Waals surface area contributed by atoms with Crippen LogP contribution in [0.4, 0.5) is 5.69 Å². The van der Waals surface area contributed by atoms with Gasteiger partial charge < -0.3 is 14.2 Å². The minimum atomic E-state index is -3.71. The summed E-state index contributed by atoms with van der Waals surface area (Å²) in [7, 11) is -3.71. The number of rotatable bonds is 9. The van der Waals surface area contributed by atoms with Gasteiger partial charge in [-0.05, 0) is 31.0 Å². The number of hydrogen-bond donors (Lipinski definition) is 0. The largest absolute Gasteiger partial charge is 0.455 e. The average Bonchev–Trinajstić information content (AvgIpc) is 3.56. The lowest BCUT2D eigenvalue weighted by molar-refractivity contribution is 0.0465. The van der Waals surface area contributed by atoms with Crippen LogP contribution in [0.3, 0.4) is 0 Å². The monoisotopic (exact) mass is 483 g/mol. The van der Waals surface area contributed by atoms with Crippen molar-refractivity contribution in [2.24, 2.45) is 0 Å². The van der Waals surface area contributed by atoms with Crippen LogP contribution in [0.5, 0.6) is 0 Å². The lowest BCUT2D eigenvalue weighted by Gasteiger charge is -2.23. The van der Waals surface area contributed by atoms with Crippen LogP contribution in [0.1, 0.15) is 42.7 Å². The lowest BCUT2D eigenvalue weighted by atomic mass is 10.1. The molecular weight excluding hydrogens is 454 g/mol. The number of nitrogens with zero attached hydrogens (tertiary/aromatic N) is 3. The Labute approximate surface area is 200 Å². The number of benzene rings is 2. The molecule has 0 spiro atoms. The van der Waals surface area contributed by atoms with Crippen molar-refractivity contribution >= 4 is 21.7 Å². The van der Waals surface area contributed by atoms with E-state index in [4.69, 9.17) is 9.26 Å². The number of esters is 1. The third-order valence-corrected chi connectivity index (χ3v) is 7.99. The molecule has 0 N–H and O–H groups in total. The fourth-order valence-corrected chi connectivity index (χ4v) is 5.61. The molecule has 1 aromatic heterocycles. The van der Waals surface area contributed by atoms with E-state index in [1.165, 1.54) is 10.4 Å². The summed E-state index contributed by atoms with van der Waals surface area (Å²) in [6.45, 7) is 5.82. The highest BCUT2D eigenvalue weighted by molar-refractivity contribution is 7.89. The molecule has 1 saturated heterocycles. The first-order valence-electron chi connectivity index (χ1n) is 11.5. The Hall–Kier alpha value is -3.17. The van der Waals surface area contributed by atoms with Crippen molar-refractivity contribution in [3.8, 4) is 11.3 Å². The average molecular weight is 484 g/mol. The Morgan fingerprint density at radius 3 is 2.44 bits per heavy atom. The molecule has 1 fully saturated rings. The van der Waals surface area contributed by atoms with Crippen LogP contribution < -0.4 is 4.90 Å². The van der Waals surface area contributed by atoms with E-state index in [0.717, 1.165) is 31.5 Å². The third-order valence-electron chi connectivity index (χ3n) is 5.95. The highest BCUT2D eigenvalue weighted by atomic mass is 32.2. The van der Waals surface area contributed by atoms with Crippen molar-refractivity contribution in [2.75, 3.05) is 31.1 Å². The first-order chi connectivity index (χ1) is 16.4. The standard InChI is InChI=1S/C25H29N3O5S/c1-3-28(4-2)34(30,31)21-12-13-23(27-14-8-9-15-27)22(17-21)25(29)32-18-20-16-24(33-26-20)19-10-6-5-7-11-19/h5-7,10-13,16-17H,3-4,8-9,14-15,18H2,1-2H3. The van der Waals surface area contributed by atoms with Crippen molar-refractivity contribution in [1.29, 1.82) is 0 Å². The van der Waals surface area contributed by atoms with E-state index in [2.05, 4.69) is 10.1 Å². The summed E-state index contributed by atoms with van der Waals surface area (Å²) in [5.41, 5.74) is 2.27. The van der Waals surface area contributed by atoms with Crippen LogP contribution >= 0.6 is 0 Å². The second-order valence-corrected chi connectivity index (χ2v) is 10.0. The molecule has 3 aromatic rings. The molecule has 1 aliphatic rings. The van der Waals surface area contributed by atoms with Gasteiger partial charge >= 0.3 is 5.97 Å². The van der Waals surface area contributed by atoms with Gasteiger partial charge in [-0.1, -0.05) is 49.3 Å². The SMILES string of the molecule is CCN(CC)S(=O)(=O)c1ccc(N2CCCC2)c(C(=O)OCc2cc(-c3ccccc3)on2)c1. The first kappa shape index (κ1) is 24.0. The minimum Gasteiger partial charge on any atom is -0.455 e. The third kappa shape index (κ3) is 5.00. The molecule has 4 rings (SSSR count). The Morgan fingerprint density at radius 1 is 1.06 bits per heavy atom. The number of carbonyl (C=O) groups excluding carboxylic acids is 1. The quantitative estimate of drug-likeness (QED) is 0.418. The molecule has 8 nitrogen and oxygen atoms in total.